The highest BCUT2D eigenvalue weighted by atomic mass is 79.9. The summed E-state index contributed by atoms with van der Waals surface area (Å²) in [6, 6.07) is 8.75. The van der Waals surface area contributed by atoms with E-state index in [4.69, 9.17) is 0 Å². The van der Waals surface area contributed by atoms with Crippen LogP contribution in [0.2, 0.25) is 0 Å². The predicted octanol–water partition coefficient (Wildman–Crippen LogP) is 4.74. The van der Waals surface area contributed by atoms with Gasteiger partial charge in [-0.25, -0.2) is 4.39 Å². The fraction of sp³-hybridized carbons (Fsp3) is 0.188. The third kappa shape index (κ3) is 2.92. The first-order valence-electron chi connectivity index (χ1n) is 5.97. The van der Waals surface area contributed by atoms with Gasteiger partial charge in [0.15, 0.2) is 5.78 Å². The van der Waals surface area contributed by atoms with Gasteiger partial charge in [0.1, 0.15) is 5.82 Å². The van der Waals surface area contributed by atoms with Crippen LogP contribution < -0.4 is 0 Å². The van der Waals surface area contributed by atoms with Crippen molar-refractivity contribution in [3.05, 3.63) is 68.4 Å². The maximum Gasteiger partial charge on any atom is 0.193 e. The molecule has 0 unspecified atom stereocenters. The molecule has 19 heavy (non-hydrogen) atoms. The summed E-state index contributed by atoms with van der Waals surface area (Å²) in [5.74, 6) is -0.336. The number of aryl methyl sites for hydroxylation is 3. The van der Waals surface area contributed by atoms with E-state index in [0.29, 0.717) is 22.3 Å². The molecule has 0 atom stereocenters. The maximum atomic E-state index is 13.6. The highest BCUT2D eigenvalue weighted by Crippen LogP contribution is 2.21. The van der Waals surface area contributed by atoms with Gasteiger partial charge in [0.2, 0.25) is 0 Å². The van der Waals surface area contributed by atoms with Gasteiger partial charge in [0, 0.05) is 15.6 Å². The Morgan fingerprint density at radius 2 is 1.47 bits per heavy atom. The lowest BCUT2D eigenvalue weighted by Gasteiger charge is -2.07. The SMILES string of the molecule is Cc1cc(Br)cc(C(=O)c2cc(C)c(F)c(C)c2)c1. The van der Waals surface area contributed by atoms with E-state index >= 15 is 0 Å². The number of carbonyl (C=O) groups excluding carboxylic acids is 1. The van der Waals surface area contributed by atoms with Crippen molar-refractivity contribution in [3.8, 4) is 0 Å². The molecule has 0 bridgehead atoms. The smallest absolute Gasteiger partial charge is 0.193 e. The van der Waals surface area contributed by atoms with Gasteiger partial charge in [0.25, 0.3) is 0 Å². The summed E-state index contributed by atoms with van der Waals surface area (Å²) in [5.41, 5.74) is 3.13. The lowest BCUT2D eigenvalue weighted by molar-refractivity contribution is 0.103. The Labute approximate surface area is 120 Å². The molecule has 0 aliphatic heterocycles. The third-order valence-electron chi connectivity index (χ3n) is 3.00. The summed E-state index contributed by atoms with van der Waals surface area (Å²) in [7, 11) is 0. The van der Waals surface area contributed by atoms with Gasteiger partial charge in [0.05, 0.1) is 0 Å². The van der Waals surface area contributed by atoms with Crippen LogP contribution in [0.4, 0.5) is 4.39 Å². The Kier molecular flexibility index (Phi) is 3.85. The lowest BCUT2D eigenvalue weighted by atomic mass is 9.98. The number of benzene rings is 2. The molecule has 0 amide bonds. The summed E-state index contributed by atoms with van der Waals surface area (Å²) in [6.45, 7) is 5.28. The van der Waals surface area contributed by atoms with Crippen LogP contribution in [0.3, 0.4) is 0 Å². The quantitative estimate of drug-likeness (QED) is 0.730. The number of hydrogen-bond acceptors (Lipinski definition) is 1. The van der Waals surface area contributed by atoms with Crippen molar-refractivity contribution in [3.63, 3.8) is 0 Å². The summed E-state index contributed by atoms with van der Waals surface area (Å²) in [4.78, 5) is 12.4. The summed E-state index contributed by atoms with van der Waals surface area (Å²) in [6.07, 6.45) is 0. The third-order valence-corrected chi connectivity index (χ3v) is 3.46. The zero-order chi connectivity index (χ0) is 14.2. The van der Waals surface area contributed by atoms with E-state index in [-0.39, 0.29) is 11.6 Å². The topological polar surface area (TPSA) is 17.1 Å². The molecule has 1 nitrogen and oxygen atoms in total. The van der Waals surface area contributed by atoms with Gasteiger partial charge in [-0.3, -0.25) is 4.79 Å². The predicted molar refractivity (Wildman–Crippen MR) is 78.2 cm³/mol. The Bertz CT molecular complexity index is 619. The van der Waals surface area contributed by atoms with Crippen molar-refractivity contribution in [2.75, 3.05) is 0 Å². The van der Waals surface area contributed by atoms with E-state index in [0.717, 1.165) is 10.0 Å². The van der Waals surface area contributed by atoms with Gasteiger partial charge < -0.3 is 0 Å². The van der Waals surface area contributed by atoms with Crippen molar-refractivity contribution in [2.24, 2.45) is 0 Å². The summed E-state index contributed by atoms with van der Waals surface area (Å²) >= 11 is 3.38. The van der Waals surface area contributed by atoms with Gasteiger partial charge in [-0.15, -0.1) is 0 Å². The fourth-order valence-electron chi connectivity index (χ4n) is 2.11. The zero-order valence-corrected chi connectivity index (χ0v) is 12.6. The van der Waals surface area contributed by atoms with Gasteiger partial charge in [-0.05, 0) is 67.8 Å². The molecule has 0 N–H and O–H groups in total. The van der Waals surface area contributed by atoms with Crippen LogP contribution >= 0.6 is 15.9 Å². The molecule has 3 heteroatoms. The molecule has 0 fully saturated rings. The molecule has 0 radical (unpaired) electrons. The molecule has 0 saturated heterocycles. The minimum Gasteiger partial charge on any atom is -0.289 e. The van der Waals surface area contributed by atoms with Crippen molar-refractivity contribution in [1.82, 2.24) is 0 Å². The fourth-order valence-corrected chi connectivity index (χ4v) is 2.72. The Morgan fingerprint density at radius 3 is 2.00 bits per heavy atom. The first kappa shape index (κ1) is 13.9. The zero-order valence-electron chi connectivity index (χ0n) is 11.1. The molecule has 0 aliphatic rings. The Morgan fingerprint density at radius 1 is 0.947 bits per heavy atom. The Balaban J connectivity index is 2.50. The van der Waals surface area contributed by atoms with Crippen LogP contribution in [-0.2, 0) is 0 Å². The second kappa shape index (κ2) is 5.25. The van der Waals surface area contributed by atoms with E-state index in [1.165, 1.54) is 0 Å². The number of hydrogen-bond donors (Lipinski definition) is 0. The van der Waals surface area contributed by atoms with E-state index in [1.54, 1.807) is 32.0 Å². The maximum absolute atomic E-state index is 13.6. The average Bonchev–Trinajstić information content (AvgIpc) is 2.33. The molecule has 2 rings (SSSR count). The second-order valence-electron chi connectivity index (χ2n) is 4.77. The van der Waals surface area contributed by atoms with Crippen molar-refractivity contribution < 1.29 is 9.18 Å². The lowest BCUT2D eigenvalue weighted by Crippen LogP contribution is -2.04. The van der Waals surface area contributed by atoms with Gasteiger partial charge >= 0.3 is 0 Å². The molecule has 0 aliphatic carbocycles. The van der Waals surface area contributed by atoms with E-state index in [2.05, 4.69) is 15.9 Å². The molecule has 0 heterocycles. The van der Waals surface area contributed by atoms with Crippen LogP contribution in [0.25, 0.3) is 0 Å². The van der Waals surface area contributed by atoms with E-state index < -0.39 is 0 Å². The highest BCUT2D eigenvalue weighted by molar-refractivity contribution is 9.10. The molecule has 0 spiro atoms. The molecular weight excluding hydrogens is 307 g/mol. The minimum absolute atomic E-state index is 0.0874. The van der Waals surface area contributed by atoms with Crippen LogP contribution in [0, 0.1) is 26.6 Å². The van der Waals surface area contributed by atoms with Crippen LogP contribution in [0.5, 0.6) is 0 Å². The van der Waals surface area contributed by atoms with Crippen molar-refractivity contribution >= 4 is 21.7 Å². The second-order valence-corrected chi connectivity index (χ2v) is 5.69. The number of rotatable bonds is 2. The number of carbonyl (C=O) groups is 1. The molecule has 0 saturated carbocycles. The Hall–Kier alpha value is -1.48. The molecular formula is C16H14BrFO. The average molecular weight is 321 g/mol. The summed E-state index contributed by atoms with van der Waals surface area (Å²) in [5, 5.41) is 0. The minimum atomic E-state index is -0.248. The largest absolute Gasteiger partial charge is 0.289 e. The normalized spacial score (nSPS) is 10.6. The standard InChI is InChI=1S/C16H14BrFO/c1-9-4-12(8-14(17)5-9)16(19)13-6-10(2)15(18)11(3)7-13/h4-8H,1-3H3. The summed E-state index contributed by atoms with van der Waals surface area (Å²) < 4.78 is 14.5. The van der Waals surface area contributed by atoms with Gasteiger partial charge in [-0.1, -0.05) is 15.9 Å². The van der Waals surface area contributed by atoms with E-state index in [1.807, 2.05) is 19.1 Å². The monoisotopic (exact) mass is 320 g/mol. The number of halogens is 2. The van der Waals surface area contributed by atoms with Crippen molar-refractivity contribution in [2.45, 2.75) is 20.8 Å². The highest BCUT2D eigenvalue weighted by Gasteiger charge is 2.13. The molecule has 2 aromatic rings. The molecule has 98 valence electrons. The molecule has 2 aromatic carbocycles. The first-order chi connectivity index (χ1) is 8.88. The first-order valence-corrected chi connectivity index (χ1v) is 6.76. The van der Waals surface area contributed by atoms with Crippen LogP contribution in [0.1, 0.15) is 32.6 Å². The van der Waals surface area contributed by atoms with Crippen LogP contribution in [-0.4, -0.2) is 5.78 Å². The molecule has 0 aromatic heterocycles. The van der Waals surface area contributed by atoms with Crippen molar-refractivity contribution in [1.29, 1.82) is 0 Å². The van der Waals surface area contributed by atoms with Gasteiger partial charge in [-0.2, -0.15) is 0 Å². The number of ketones is 1. The van der Waals surface area contributed by atoms with E-state index in [9.17, 15) is 9.18 Å². The van der Waals surface area contributed by atoms with Crippen LogP contribution in [0.15, 0.2) is 34.8 Å².